The minimum absolute atomic E-state index is 0.0786. The highest BCUT2D eigenvalue weighted by atomic mass is 32.2. The van der Waals surface area contributed by atoms with E-state index in [1.807, 2.05) is 0 Å². The minimum atomic E-state index is -4.60. The van der Waals surface area contributed by atoms with Gasteiger partial charge in [-0.05, 0) is 36.8 Å². The molecule has 0 radical (unpaired) electrons. The summed E-state index contributed by atoms with van der Waals surface area (Å²) in [5.74, 6) is 0.0786. The smallest absolute Gasteiger partial charge is 0.263 e. The summed E-state index contributed by atoms with van der Waals surface area (Å²) in [6, 6.07) is 6.79. The van der Waals surface area contributed by atoms with Crippen molar-refractivity contribution in [3.05, 3.63) is 53.7 Å². The van der Waals surface area contributed by atoms with Gasteiger partial charge in [0.15, 0.2) is 0 Å². The first-order chi connectivity index (χ1) is 9.70. The van der Waals surface area contributed by atoms with Crippen LogP contribution in [0.15, 0.2) is 47.5 Å². The fourth-order valence-electron chi connectivity index (χ4n) is 1.62. The Morgan fingerprint density at radius 2 is 1.86 bits per heavy atom. The molecular formula is C13H11F3N2O2S. The highest BCUT2D eigenvalue weighted by molar-refractivity contribution is 7.92. The van der Waals surface area contributed by atoms with Crippen LogP contribution in [0, 0.1) is 6.92 Å². The number of hydrogen-bond acceptors (Lipinski definition) is 3. The molecule has 1 heterocycles. The number of sulfonamides is 1. The number of benzene rings is 1. The number of alkyl halides is 3. The molecule has 0 unspecified atom stereocenters. The largest absolute Gasteiger partial charge is 0.416 e. The van der Waals surface area contributed by atoms with Crippen LogP contribution in [-0.2, 0) is 16.2 Å². The molecular weight excluding hydrogens is 305 g/mol. The van der Waals surface area contributed by atoms with Gasteiger partial charge in [0.25, 0.3) is 10.0 Å². The zero-order valence-electron chi connectivity index (χ0n) is 10.8. The molecule has 0 atom stereocenters. The van der Waals surface area contributed by atoms with Gasteiger partial charge in [0.2, 0.25) is 0 Å². The van der Waals surface area contributed by atoms with Gasteiger partial charge in [-0.25, -0.2) is 13.4 Å². The van der Waals surface area contributed by atoms with Gasteiger partial charge in [-0.1, -0.05) is 12.1 Å². The molecule has 8 heteroatoms. The fourth-order valence-corrected chi connectivity index (χ4v) is 2.74. The first-order valence-electron chi connectivity index (χ1n) is 5.82. The molecule has 0 bridgehead atoms. The maximum Gasteiger partial charge on any atom is 0.416 e. The first kappa shape index (κ1) is 15.3. The van der Waals surface area contributed by atoms with Crippen LogP contribution in [0.1, 0.15) is 11.1 Å². The number of rotatable bonds is 3. The quantitative estimate of drug-likeness (QED) is 0.946. The molecule has 0 fully saturated rings. The van der Waals surface area contributed by atoms with E-state index in [-0.39, 0.29) is 5.82 Å². The highest BCUT2D eigenvalue weighted by Crippen LogP contribution is 2.30. The molecule has 0 spiro atoms. The first-order valence-corrected chi connectivity index (χ1v) is 7.30. The molecule has 2 aromatic rings. The molecule has 0 saturated heterocycles. The van der Waals surface area contributed by atoms with Crippen molar-refractivity contribution >= 4 is 15.8 Å². The maximum absolute atomic E-state index is 12.6. The van der Waals surface area contributed by atoms with Gasteiger partial charge in [-0.3, -0.25) is 4.72 Å². The van der Waals surface area contributed by atoms with Crippen molar-refractivity contribution in [1.29, 1.82) is 0 Å². The Labute approximate surface area is 119 Å². The Morgan fingerprint density at radius 3 is 2.48 bits per heavy atom. The summed E-state index contributed by atoms with van der Waals surface area (Å²) >= 11 is 0. The second kappa shape index (κ2) is 5.36. The summed E-state index contributed by atoms with van der Waals surface area (Å²) in [7, 11) is -4.13. The van der Waals surface area contributed by atoms with Crippen LogP contribution in [-0.4, -0.2) is 13.4 Å². The third-order valence-corrected chi connectivity index (χ3v) is 4.05. The van der Waals surface area contributed by atoms with Crippen molar-refractivity contribution in [3.8, 4) is 0 Å². The molecule has 112 valence electrons. The summed E-state index contributed by atoms with van der Waals surface area (Å²) in [4.78, 5) is 3.38. The molecule has 21 heavy (non-hydrogen) atoms. The molecule has 0 amide bonds. The van der Waals surface area contributed by atoms with E-state index in [0.717, 1.165) is 18.2 Å². The Morgan fingerprint density at radius 1 is 1.14 bits per heavy atom. The van der Waals surface area contributed by atoms with E-state index in [2.05, 4.69) is 9.71 Å². The average molecular weight is 316 g/mol. The number of pyridine rings is 1. The third kappa shape index (κ3) is 3.52. The lowest BCUT2D eigenvalue weighted by Gasteiger charge is -2.11. The van der Waals surface area contributed by atoms with Crippen LogP contribution in [0.5, 0.6) is 0 Å². The monoisotopic (exact) mass is 316 g/mol. The predicted octanol–water partition coefficient (Wildman–Crippen LogP) is 3.21. The summed E-state index contributed by atoms with van der Waals surface area (Å²) in [5.41, 5.74) is -0.462. The van der Waals surface area contributed by atoms with Gasteiger partial charge < -0.3 is 0 Å². The van der Waals surface area contributed by atoms with Crippen LogP contribution in [0.25, 0.3) is 0 Å². The van der Waals surface area contributed by atoms with E-state index in [1.54, 1.807) is 19.1 Å². The Balaban J connectivity index is 2.39. The molecule has 0 aliphatic rings. The number of halogens is 3. The molecule has 0 aliphatic carbocycles. The summed E-state index contributed by atoms with van der Waals surface area (Å²) < 4.78 is 64.3. The lowest BCUT2D eigenvalue weighted by Crippen LogP contribution is -2.16. The summed E-state index contributed by atoms with van der Waals surface area (Å²) in [6.45, 7) is 1.64. The second-order valence-electron chi connectivity index (χ2n) is 4.30. The van der Waals surface area contributed by atoms with Crippen molar-refractivity contribution in [2.75, 3.05) is 4.72 Å². The average Bonchev–Trinajstić information content (AvgIpc) is 2.40. The molecule has 0 saturated carbocycles. The van der Waals surface area contributed by atoms with Crippen LogP contribution < -0.4 is 4.72 Å². The van der Waals surface area contributed by atoms with Gasteiger partial charge in [0.05, 0.1) is 10.5 Å². The van der Waals surface area contributed by atoms with Crippen molar-refractivity contribution in [2.45, 2.75) is 18.0 Å². The lowest BCUT2D eigenvalue weighted by atomic mass is 10.2. The number of anilines is 1. The highest BCUT2D eigenvalue weighted by Gasteiger charge is 2.31. The standard InChI is InChI=1S/C13H11F3N2O2S/c1-9-4-3-7-17-12(9)18-21(19,20)11-6-2-5-10(8-11)13(14,15)16/h2-8H,1H3,(H,17,18). The van der Waals surface area contributed by atoms with E-state index in [0.29, 0.717) is 11.6 Å². The van der Waals surface area contributed by atoms with Crippen LogP contribution >= 0.6 is 0 Å². The topological polar surface area (TPSA) is 59.1 Å². The van der Waals surface area contributed by atoms with Crippen molar-refractivity contribution in [2.24, 2.45) is 0 Å². The van der Waals surface area contributed by atoms with Crippen molar-refractivity contribution in [3.63, 3.8) is 0 Å². The van der Waals surface area contributed by atoms with Gasteiger partial charge in [-0.15, -0.1) is 0 Å². The van der Waals surface area contributed by atoms with Crippen LogP contribution in [0.4, 0.5) is 19.0 Å². The van der Waals surface area contributed by atoms with Crippen molar-refractivity contribution < 1.29 is 21.6 Å². The summed E-state index contributed by atoms with van der Waals surface area (Å²) in [6.07, 6.45) is -3.22. The van der Waals surface area contributed by atoms with E-state index < -0.39 is 26.7 Å². The molecule has 2 rings (SSSR count). The van der Waals surface area contributed by atoms with Gasteiger partial charge in [0.1, 0.15) is 5.82 Å². The van der Waals surface area contributed by atoms with Crippen LogP contribution in [0.2, 0.25) is 0 Å². The van der Waals surface area contributed by atoms with Crippen LogP contribution in [0.3, 0.4) is 0 Å². The summed E-state index contributed by atoms with van der Waals surface area (Å²) in [5, 5.41) is 0. The number of nitrogens with one attached hydrogen (secondary N) is 1. The predicted molar refractivity (Wildman–Crippen MR) is 71.2 cm³/mol. The Hall–Kier alpha value is -2.09. The fraction of sp³-hybridized carbons (Fsp3) is 0.154. The van der Waals surface area contributed by atoms with E-state index in [4.69, 9.17) is 0 Å². The van der Waals surface area contributed by atoms with Gasteiger partial charge >= 0.3 is 6.18 Å². The van der Waals surface area contributed by atoms with E-state index in [1.165, 1.54) is 6.20 Å². The normalized spacial score (nSPS) is 12.2. The second-order valence-corrected chi connectivity index (χ2v) is 5.98. The van der Waals surface area contributed by atoms with Gasteiger partial charge in [0, 0.05) is 6.20 Å². The zero-order chi connectivity index (χ0) is 15.7. The van der Waals surface area contributed by atoms with E-state index in [9.17, 15) is 21.6 Å². The number of nitrogens with zero attached hydrogens (tertiary/aromatic N) is 1. The van der Waals surface area contributed by atoms with Gasteiger partial charge in [-0.2, -0.15) is 13.2 Å². The number of aryl methyl sites for hydroxylation is 1. The SMILES string of the molecule is Cc1cccnc1NS(=O)(=O)c1cccc(C(F)(F)F)c1. The maximum atomic E-state index is 12.6. The lowest BCUT2D eigenvalue weighted by molar-refractivity contribution is -0.137. The molecule has 0 aliphatic heterocycles. The Kier molecular flexibility index (Phi) is 3.91. The number of hydrogen-bond donors (Lipinski definition) is 1. The zero-order valence-corrected chi connectivity index (χ0v) is 11.7. The molecule has 1 aromatic carbocycles. The number of aromatic nitrogens is 1. The van der Waals surface area contributed by atoms with Crippen molar-refractivity contribution in [1.82, 2.24) is 4.98 Å². The molecule has 1 aromatic heterocycles. The molecule has 4 nitrogen and oxygen atoms in total. The minimum Gasteiger partial charge on any atom is -0.263 e. The van der Waals surface area contributed by atoms with E-state index >= 15 is 0 Å². The third-order valence-electron chi connectivity index (χ3n) is 2.71. The Bertz CT molecular complexity index is 758. The molecule has 1 N–H and O–H groups in total.